The number of rotatable bonds is 7. The Kier molecular flexibility index (Phi) is 6.18. The van der Waals surface area contributed by atoms with Gasteiger partial charge in [0.05, 0.1) is 18.1 Å². The lowest BCUT2D eigenvalue weighted by Gasteiger charge is -2.19. The van der Waals surface area contributed by atoms with Crippen LogP contribution in [0.2, 0.25) is 0 Å². The van der Waals surface area contributed by atoms with E-state index in [9.17, 15) is 0 Å². The molecule has 2 rings (SSSR count). The normalized spacial score (nSPS) is 19.3. The number of hydrogen-bond acceptors (Lipinski definition) is 5. The summed E-state index contributed by atoms with van der Waals surface area (Å²) < 4.78 is 0. The van der Waals surface area contributed by atoms with E-state index in [0.29, 0.717) is 18.8 Å². The molecular formula is C17H23N5. The molecule has 0 unspecified atom stereocenters. The van der Waals surface area contributed by atoms with E-state index < -0.39 is 0 Å². The van der Waals surface area contributed by atoms with Crippen LogP contribution in [-0.2, 0) is 0 Å². The molecule has 1 aromatic heterocycles. The molecule has 116 valence electrons. The van der Waals surface area contributed by atoms with Crippen molar-refractivity contribution in [1.82, 2.24) is 9.88 Å². The van der Waals surface area contributed by atoms with Gasteiger partial charge in [0.2, 0.25) is 0 Å². The molecule has 22 heavy (non-hydrogen) atoms. The van der Waals surface area contributed by atoms with Crippen LogP contribution in [0.25, 0.3) is 0 Å². The van der Waals surface area contributed by atoms with Gasteiger partial charge in [-0.3, -0.25) is 0 Å². The maximum Gasteiger partial charge on any atom is 0.126 e. The van der Waals surface area contributed by atoms with Crippen LogP contribution >= 0.6 is 0 Å². The SMILES string of the molecule is Cc1cccc(NC[C@@H]2CCN(C[C@@H](C#N)CCC#N)C2)n1. The summed E-state index contributed by atoms with van der Waals surface area (Å²) in [5.74, 6) is 1.50. The van der Waals surface area contributed by atoms with Gasteiger partial charge < -0.3 is 10.2 Å². The molecule has 5 heteroatoms. The van der Waals surface area contributed by atoms with Gasteiger partial charge in [0.1, 0.15) is 5.82 Å². The van der Waals surface area contributed by atoms with Crippen molar-refractivity contribution in [3.8, 4) is 12.1 Å². The molecule has 0 aromatic carbocycles. The van der Waals surface area contributed by atoms with Crippen molar-refractivity contribution in [3.63, 3.8) is 0 Å². The van der Waals surface area contributed by atoms with E-state index in [2.05, 4.69) is 27.3 Å². The molecule has 0 saturated carbocycles. The van der Waals surface area contributed by atoms with Crippen LogP contribution < -0.4 is 5.32 Å². The summed E-state index contributed by atoms with van der Waals surface area (Å²) in [6.45, 7) is 5.76. The van der Waals surface area contributed by atoms with Gasteiger partial charge in [0, 0.05) is 31.7 Å². The van der Waals surface area contributed by atoms with Crippen molar-refractivity contribution >= 4 is 5.82 Å². The lowest BCUT2D eigenvalue weighted by atomic mass is 10.1. The minimum atomic E-state index is -0.0233. The monoisotopic (exact) mass is 297 g/mol. The molecule has 1 aromatic rings. The van der Waals surface area contributed by atoms with Crippen LogP contribution in [0.4, 0.5) is 5.82 Å². The van der Waals surface area contributed by atoms with Crippen molar-refractivity contribution in [2.45, 2.75) is 26.2 Å². The Bertz CT molecular complexity index is 557. The van der Waals surface area contributed by atoms with Gasteiger partial charge in [-0.15, -0.1) is 0 Å². The zero-order valence-electron chi connectivity index (χ0n) is 13.1. The van der Waals surface area contributed by atoms with Crippen LogP contribution in [0.5, 0.6) is 0 Å². The highest BCUT2D eigenvalue weighted by Crippen LogP contribution is 2.19. The second kappa shape index (κ2) is 8.36. The third kappa shape index (κ3) is 5.02. The highest BCUT2D eigenvalue weighted by molar-refractivity contribution is 5.35. The van der Waals surface area contributed by atoms with Gasteiger partial charge in [-0.1, -0.05) is 6.07 Å². The van der Waals surface area contributed by atoms with E-state index >= 15 is 0 Å². The number of nitrogens with one attached hydrogen (secondary N) is 1. The minimum absolute atomic E-state index is 0.0233. The first kappa shape index (κ1) is 16.3. The topological polar surface area (TPSA) is 75.7 Å². The first-order chi connectivity index (χ1) is 10.7. The highest BCUT2D eigenvalue weighted by Gasteiger charge is 2.24. The molecule has 1 aliphatic heterocycles. The van der Waals surface area contributed by atoms with E-state index in [4.69, 9.17) is 10.5 Å². The molecular weight excluding hydrogens is 274 g/mol. The van der Waals surface area contributed by atoms with Gasteiger partial charge in [-0.25, -0.2) is 4.98 Å². The van der Waals surface area contributed by atoms with Crippen LogP contribution in [0.15, 0.2) is 18.2 Å². The van der Waals surface area contributed by atoms with Crippen molar-refractivity contribution in [3.05, 3.63) is 23.9 Å². The molecule has 0 spiro atoms. The maximum absolute atomic E-state index is 9.15. The average Bonchev–Trinajstić information content (AvgIpc) is 2.97. The van der Waals surface area contributed by atoms with Crippen molar-refractivity contribution in [1.29, 1.82) is 10.5 Å². The predicted molar refractivity (Wildman–Crippen MR) is 86.0 cm³/mol. The largest absolute Gasteiger partial charge is 0.370 e. The molecule has 1 aliphatic rings. The average molecular weight is 297 g/mol. The van der Waals surface area contributed by atoms with Gasteiger partial charge >= 0.3 is 0 Å². The van der Waals surface area contributed by atoms with Gasteiger partial charge in [0.15, 0.2) is 0 Å². The standard InChI is InChI=1S/C17H23N5/c1-14-4-2-6-17(21-14)20-11-16-7-9-22(13-16)12-15(10-19)5-3-8-18/h2,4,6,15-16H,3,5,7,9,11-13H2,1H3,(H,20,21)/t15-,16+/m1/s1. The minimum Gasteiger partial charge on any atom is -0.370 e. The van der Waals surface area contributed by atoms with Gasteiger partial charge in [-0.2, -0.15) is 10.5 Å². The fraction of sp³-hybridized carbons (Fsp3) is 0.588. The second-order valence-electron chi connectivity index (χ2n) is 5.98. The zero-order chi connectivity index (χ0) is 15.8. The molecule has 0 bridgehead atoms. The molecule has 1 saturated heterocycles. The van der Waals surface area contributed by atoms with Gasteiger partial charge in [0.25, 0.3) is 0 Å². The fourth-order valence-electron chi connectivity index (χ4n) is 2.88. The number of nitrogens with zero attached hydrogens (tertiary/aromatic N) is 4. The molecule has 2 heterocycles. The molecule has 0 amide bonds. The molecule has 2 atom stereocenters. The Morgan fingerprint density at radius 3 is 3.05 bits per heavy atom. The summed E-state index contributed by atoms with van der Waals surface area (Å²) in [6.07, 6.45) is 2.30. The van der Waals surface area contributed by atoms with Crippen LogP contribution in [0, 0.1) is 41.4 Å². The van der Waals surface area contributed by atoms with Crippen molar-refractivity contribution in [2.75, 3.05) is 31.5 Å². The lowest BCUT2D eigenvalue weighted by molar-refractivity contribution is 0.290. The summed E-state index contributed by atoms with van der Waals surface area (Å²) in [5.41, 5.74) is 1.02. The van der Waals surface area contributed by atoms with E-state index in [1.54, 1.807) is 0 Å². The third-order valence-corrected chi connectivity index (χ3v) is 4.10. The van der Waals surface area contributed by atoms with Gasteiger partial charge in [-0.05, 0) is 44.4 Å². The smallest absolute Gasteiger partial charge is 0.126 e. The molecule has 1 fully saturated rings. The van der Waals surface area contributed by atoms with Crippen molar-refractivity contribution in [2.24, 2.45) is 11.8 Å². The number of pyridine rings is 1. The quantitative estimate of drug-likeness (QED) is 0.837. The summed E-state index contributed by atoms with van der Waals surface area (Å²) in [5, 5.41) is 21.2. The second-order valence-corrected chi connectivity index (χ2v) is 5.98. The molecule has 1 N–H and O–H groups in total. The summed E-state index contributed by atoms with van der Waals surface area (Å²) >= 11 is 0. The van der Waals surface area contributed by atoms with Crippen LogP contribution in [0.1, 0.15) is 25.0 Å². The number of aromatic nitrogens is 1. The van der Waals surface area contributed by atoms with E-state index in [0.717, 1.165) is 44.1 Å². The summed E-state index contributed by atoms with van der Waals surface area (Å²) in [4.78, 5) is 6.80. The summed E-state index contributed by atoms with van der Waals surface area (Å²) in [7, 11) is 0. The third-order valence-electron chi connectivity index (χ3n) is 4.10. The predicted octanol–water partition coefficient (Wildman–Crippen LogP) is 2.57. The van der Waals surface area contributed by atoms with E-state index in [-0.39, 0.29) is 5.92 Å². The highest BCUT2D eigenvalue weighted by atomic mass is 15.2. The Labute approximate surface area is 132 Å². The maximum atomic E-state index is 9.15. The molecule has 0 aliphatic carbocycles. The number of nitriles is 2. The number of hydrogen-bond donors (Lipinski definition) is 1. The number of aryl methyl sites for hydroxylation is 1. The van der Waals surface area contributed by atoms with Crippen molar-refractivity contribution < 1.29 is 0 Å². The summed E-state index contributed by atoms with van der Waals surface area (Å²) in [6, 6.07) is 10.4. The molecule has 0 radical (unpaired) electrons. The van der Waals surface area contributed by atoms with Crippen LogP contribution in [-0.4, -0.2) is 36.1 Å². The lowest BCUT2D eigenvalue weighted by Crippen LogP contribution is -2.28. The zero-order valence-corrected chi connectivity index (χ0v) is 13.1. The number of likely N-dealkylation sites (tertiary alicyclic amines) is 1. The first-order valence-corrected chi connectivity index (χ1v) is 7.87. The number of anilines is 1. The Morgan fingerprint density at radius 1 is 1.45 bits per heavy atom. The first-order valence-electron chi connectivity index (χ1n) is 7.87. The van der Waals surface area contributed by atoms with E-state index in [1.807, 2.05) is 25.1 Å². The fourth-order valence-corrected chi connectivity index (χ4v) is 2.88. The Morgan fingerprint density at radius 2 is 2.32 bits per heavy atom. The Hall–Kier alpha value is -2.11. The van der Waals surface area contributed by atoms with E-state index in [1.165, 1.54) is 0 Å². The van der Waals surface area contributed by atoms with Crippen LogP contribution in [0.3, 0.4) is 0 Å². The Balaban J connectivity index is 1.73. The molecule has 5 nitrogen and oxygen atoms in total.